The largest absolute Gasteiger partial charge is 0.357 e. The van der Waals surface area contributed by atoms with Gasteiger partial charge < -0.3 is 20.4 Å². The van der Waals surface area contributed by atoms with Crippen molar-refractivity contribution >= 4 is 17.8 Å². The molecule has 2 N–H and O–H groups in total. The third kappa shape index (κ3) is 5.81. The summed E-state index contributed by atoms with van der Waals surface area (Å²) in [5.41, 5.74) is 0.403. The number of piperazine rings is 1. The zero-order valence-corrected chi connectivity index (χ0v) is 17.9. The first-order valence-corrected chi connectivity index (χ1v) is 11.0. The molecule has 0 spiro atoms. The second-order valence-electron chi connectivity index (χ2n) is 8.00. The Morgan fingerprint density at radius 2 is 1.86 bits per heavy atom. The summed E-state index contributed by atoms with van der Waals surface area (Å²) in [6.45, 7) is 9.59. The van der Waals surface area contributed by atoms with Crippen LogP contribution in [0.25, 0.3) is 0 Å². The first kappa shape index (κ1) is 21.3. The maximum atomic E-state index is 12.6. The maximum absolute atomic E-state index is 12.6. The zero-order valence-electron chi connectivity index (χ0n) is 17.9. The first-order valence-electron chi connectivity index (χ1n) is 11.0. The van der Waals surface area contributed by atoms with E-state index in [1.54, 1.807) is 12.4 Å². The van der Waals surface area contributed by atoms with Crippen molar-refractivity contribution in [2.24, 2.45) is 10.4 Å². The SMILES string of the molecule is CCNC(=NCC1(CC)CCC1)NCCC(=O)N1CCN(c2ncccn2)CC1. The Labute approximate surface area is 174 Å². The molecule has 1 amide bonds. The number of guanidine groups is 1. The van der Waals surface area contributed by atoms with Crippen molar-refractivity contribution in [1.29, 1.82) is 0 Å². The van der Waals surface area contributed by atoms with E-state index in [2.05, 4.69) is 39.3 Å². The lowest BCUT2D eigenvalue weighted by Gasteiger charge is -2.40. The number of aromatic nitrogens is 2. The standard InChI is InChI=1S/C21H35N7O/c1-3-21(8-5-9-21)17-26-19(22-4-2)23-12-7-18(29)27-13-15-28(16-14-27)20-24-10-6-11-25-20/h6,10-11H,3-5,7-9,12-17H2,1-2H3,(H2,22,23,26). The van der Waals surface area contributed by atoms with Crippen molar-refractivity contribution in [2.45, 2.75) is 46.0 Å². The van der Waals surface area contributed by atoms with Gasteiger partial charge in [0.15, 0.2) is 5.96 Å². The van der Waals surface area contributed by atoms with Crippen LogP contribution in [0, 0.1) is 5.41 Å². The molecule has 3 rings (SSSR count). The predicted molar refractivity (Wildman–Crippen MR) is 116 cm³/mol. The Morgan fingerprint density at radius 1 is 1.14 bits per heavy atom. The molecule has 2 aliphatic rings. The van der Waals surface area contributed by atoms with E-state index in [1.807, 2.05) is 11.0 Å². The molecule has 29 heavy (non-hydrogen) atoms. The second-order valence-corrected chi connectivity index (χ2v) is 8.00. The average molecular weight is 402 g/mol. The number of carbonyl (C=O) groups is 1. The van der Waals surface area contributed by atoms with E-state index in [0.717, 1.165) is 38.1 Å². The monoisotopic (exact) mass is 401 g/mol. The van der Waals surface area contributed by atoms with Crippen molar-refractivity contribution in [3.05, 3.63) is 18.5 Å². The molecule has 1 aromatic heterocycles. The van der Waals surface area contributed by atoms with Gasteiger partial charge in [-0.25, -0.2) is 9.97 Å². The number of aliphatic imine (C=N–C) groups is 1. The lowest BCUT2D eigenvalue weighted by atomic mass is 9.67. The number of carbonyl (C=O) groups excluding carboxylic acids is 1. The summed E-state index contributed by atoms with van der Waals surface area (Å²) < 4.78 is 0. The summed E-state index contributed by atoms with van der Waals surface area (Å²) in [5, 5.41) is 6.63. The number of nitrogens with one attached hydrogen (secondary N) is 2. The van der Waals surface area contributed by atoms with Gasteiger partial charge in [-0.1, -0.05) is 13.3 Å². The fourth-order valence-corrected chi connectivity index (χ4v) is 3.95. The fraction of sp³-hybridized carbons (Fsp3) is 0.714. The lowest BCUT2D eigenvalue weighted by molar-refractivity contribution is -0.131. The first-order chi connectivity index (χ1) is 14.2. The van der Waals surface area contributed by atoms with Crippen LogP contribution in [0.15, 0.2) is 23.5 Å². The third-order valence-electron chi connectivity index (χ3n) is 6.18. The molecule has 0 unspecified atom stereocenters. The number of hydrogen-bond acceptors (Lipinski definition) is 5. The number of hydrogen-bond donors (Lipinski definition) is 2. The molecule has 2 fully saturated rings. The Balaban J connectivity index is 1.40. The van der Waals surface area contributed by atoms with Crippen LogP contribution in [0.5, 0.6) is 0 Å². The molecule has 2 heterocycles. The van der Waals surface area contributed by atoms with Crippen LogP contribution in [-0.2, 0) is 4.79 Å². The van der Waals surface area contributed by atoms with E-state index in [4.69, 9.17) is 4.99 Å². The molecule has 0 bridgehead atoms. The molecule has 1 saturated heterocycles. The van der Waals surface area contributed by atoms with Crippen LogP contribution in [0.2, 0.25) is 0 Å². The van der Waals surface area contributed by atoms with E-state index < -0.39 is 0 Å². The van der Waals surface area contributed by atoms with Crippen molar-refractivity contribution in [1.82, 2.24) is 25.5 Å². The number of amides is 1. The van der Waals surface area contributed by atoms with Gasteiger partial charge in [0.25, 0.3) is 0 Å². The van der Waals surface area contributed by atoms with Crippen LogP contribution >= 0.6 is 0 Å². The quantitative estimate of drug-likeness (QED) is 0.509. The molecule has 1 aromatic rings. The fourth-order valence-electron chi connectivity index (χ4n) is 3.95. The molecule has 8 nitrogen and oxygen atoms in total. The number of rotatable bonds is 8. The molecule has 0 aromatic carbocycles. The highest BCUT2D eigenvalue weighted by atomic mass is 16.2. The van der Waals surface area contributed by atoms with Crippen LogP contribution in [0.1, 0.15) is 46.0 Å². The Morgan fingerprint density at radius 3 is 2.45 bits per heavy atom. The summed E-state index contributed by atoms with van der Waals surface area (Å²) in [5.74, 6) is 1.75. The van der Waals surface area contributed by atoms with Crippen LogP contribution in [0.4, 0.5) is 5.95 Å². The molecular weight excluding hydrogens is 366 g/mol. The molecule has 1 aliphatic carbocycles. The minimum absolute atomic E-state index is 0.186. The normalized spacial score (nSPS) is 18.9. The summed E-state index contributed by atoms with van der Waals surface area (Å²) in [4.78, 5) is 30.0. The third-order valence-corrected chi connectivity index (χ3v) is 6.18. The Kier molecular flexibility index (Phi) is 7.66. The average Bonchev–Trinajstić information content (AvgIpc) is 2.74. The summed E-state index contributed by atoms with van der Waals surface area (Å²) in [6, 6.07) is 1.81. The molecule has 0 radical (unpaired) electrons. The van der Waals surface area contributed by atoms with Crippen LogP contribution in [-0.4, -0.2) is 72.5 Å². The summed E-state index contributed by atoms with van der Waals surface area (Å²) in [6.07, 6.45) is 9.06. The van der Waals surface area contributed by atoms with E-state index in [1.165, 1.54) is 25.7 Å². The zero-order chi connectivity index (χ0) is 20.5. The highest BCUT2D eigenvalue weighted by molar-refractivity contribution is 5.81. The van der Waals surface area contributed by atoms with E-state index in [0.29, 0.717) is 31.5 Å². The van der Waals surface area contributed by atoms with Gasteiger partial charge in [0.05, 0.1) is 0 Å². The molecule has 8 heteroatoms. The van der Waals surface area contributed by atoms with Crippen molar-refractivity contribution < 1.29 is 4.79 Å². The Hall–Kier alpha value is -2.38. The maximum Gasteiger partial charge on any atom is 0.225 e. The lowest BCUT2D eigenvalue weighted by Crippen LogP contribution is -2.50. The highest BCUT2D eigenvalue weighted by Gasteiger charge is 2.34. The molecule has 1 saturated carbocycles. The van der Waals surface area contributed by atoms with Gasteiger partial charge >= 0.3 is 0 Å². The highest BCUT2D eigenvalue weighted by Crippen LogP contribution is 2.43. The second kappa shape index (κ2) is 10.4. The van der Waals surface area contributed by atoms with E-state index in [9.17, 15) is 4.79 Å². The minimum atomic E-state index is 0.186. The van der Waals surface area contributed by atoms with E-state index >= 15 is 0 Å². The topological polar surface area (TPSA) is 85.8 Å². The van der Waals surface area contributed by atoms with Gasteiger partial charge in [0.1, 0.15) is 0 Å². The van der Waals surface area contributed by atoms with Gasteiger partial charge in [0.2, 0.25) is 11.9 Å². The van der Waals surface area contributed by atoms with Crippen molar-refractivity contribution in [3.63, 3.8) is 0 Å². The molecular formula is C21H35N7O. The van der Waals surface area contributed by atoms with E-state index in [-0.39, 0.29) is 5.91 Å². The minimum Gasteiger partial charge on any atom is -0.357 e. The molecule has 1 aliphatic heterocycles. The van der Waals surface area contributed by atoms with Gasteiger partial charge in [0, 0.05) is 64.6 Å². The number of nitrogens with zero attached hydrogens (tertiary/aromatic N) is 5. The summed E-state index contributed by atoms with van der Waals surface area (Å²) >= 11 is 0. The Bertz CT molecular complexity index is 661. The van der Waals surface area contributed by atoms with Gasteiger partial charge in [-0.05, 0) is 37.7 Å². The van der Waals surface area contributed by atoms with Crippen molar-refractivity contribution in [2.75, 3.05) is 50.7 Å². The molecule has 0 atom stereocenters. The smallest absolute Gasteiger partial charge is 0.225 e. The summed E-state index contributed by atoms with van der Waals surface area (Å²) in [7, 11) is 0. The van der Waals surface area contributed by atoms with Gasteiger partial charge in [-0.2, -0.15) is 0 Å². The predicted octanol–water partition coefficient (Wildman–Crippen LogP) is 1.65. The van der Waals surface area contributed by atoms with Crippen LogP contribution in [0.3, 0.4) is 0 Å². The van der Waals surface area contributed by atoms with Gasteiger partial charge in [-0.15, -0.1) is 0 Å². The number of anilines is 1. The van der Waals surface area contributed by atoms with Gasteiger partial charge in [-0.3, -0.25) is 9.79 Å². The van der Waals surface area contributed by atoms with Crippen LogP contribution < -0.4 is 15.5 Å². The molecule has 160 valence electrons. The van der Waals surface area contributed by atoms with Crippen molar-refractivity contribution in [3.8, 4) is 0 Å².